The number of pyridine rings is 1. The lowest BCUT2D eigenvalue weighted by molar-refractivity contribution is 0.317. The second-order valence-corrected chi connectivity index (χ2v) is 5.04. The molecule has 0 unspecified atom stereocenters. The molecular weight excluding hydrogens is 248 g/mol. The molecule has 20 heavy (non-hydrogen) atoms. The van der Waals surface area contributed by atoms with Crippen LogP contribution in [0.5, 0.6) is 5.75 Å². The summed E-state index contributed by atoms with van der Waals surface area (Å²) in [6.07, 6.45) is 4.54. The van der Waals surface area contributed by atoms with Crippen molar-refractivity contribution >= 4 is 0 Å². The maximum absolute atomic E-state index is 5.96. The minimum atomic E-state index is 0.692. The van der Waals surface area contributed by atoms with Crippen molar-refractivity contribution < 1.29 is 4.74 Å². The zero-order chi connectivity index (χ0) is 14.4. The molecule has 0 fully saturated rings. The first-order valence-electron chi connectivity index (χ1n) is 6.97. The Kier molecular flexibility index (Phi) is 5.13. The number of hydrogen-bond donors (Lipinski definition) is 1. The highest BCUT2D eigenvalue weighted by Crippen LogP contribution is 2.25. The van der Waals surface area contributed by atoms with Crippen molar-refractivity contribution in [3.8, 4) is 5.75 Å². The van der Waals surface area contributed by atoms with Gasteiger partial charge in [0, 0.05) is 25.4 Å². The summed E-state index contributed by atoms with van der Waals surface area (Å²) in [7, 11) is 1.96. The van der Waals surface area contributed by atoms with Gasteiger partial charge in [0.25, 0.3) is 0 Å². The Morgan fingerprint density at radius 2 is 1.70 bits per heavy atom. The molecule has 2 rings (SSSR count). The predicted octanol–water partition coefficient (Wildman–Crippen LogP) is 3.04. The molecule has 0 bridgehead atoms. The van der Waals surface area contributed by atoms with E-state index >= 15 is 0 Å². The molecule has 0 aliphatic heterocycles. The van der Waals surface area contributed by atoms with Gasteiger partial charge in [0.05, 0.1) is 6.61 Å². The molecule has 0 saturated heterocycles. The van der Waals surface area contributed by atoms with Crippen LogP contribution in [0.25, 0.3) is 0 Å². The first-order valence-corrected chi connectivity index (χ1v) is 6.97. The number of ether oxygens (including phenoxy) is 1. The molecule has 0 aliphatic rings. The molecule has 2 aromatic rings. The van der Waals surface area contributed by atoms with E-state index in [2.05, 4.69) is 36.3 Å². The lowest BCUT2D eigenvalue weighted by atomic mass is 10.1. The number of benzene rings is 1. The Morgan fingerprint density at radius 3 is 2.30 bits per heavy atom. The molecule has 3 nitrogen and oxygen atoms in total. The molecule has 1 N–H and O–H groups in total. The topological polar surface area (TPSA) is 34.1 Å². The third-order valence-electron chi connectivity index (χ3n) is 3.29. The van der Waals surface area contributed by atoms with E-state index < -0.39 is 0 Å². The van der Waals surface area contributed by atoms with Crippen molar-refractivity contribution in [2.24, 2.45) is 0 Å². The number of aryl methyl sites for hydroxylation is 2. The van der Waals surface area contributed by atoms with Crippen LogP contribution in [0.3, 0.4) is 0 Å². The monoisotopic (exact) mass is 270 g/mol. The number of nitrogens with zero attached hydrogens (tertiary/aromatic N) is 1. The van der Waals surface area contributed by atoms with Gasteiger partial charge in [-0.3, -0.25) is 4.98 Å². The Balaban J connectivity index is 1.99. The van der Waals surface area contributed by atoms with Crippen molar-refractivity contribution in [2.75, 3.05) is 13.7 Å². The fraction of sp³-hybridized carbons (Fsp3) is 0.353. The van der Waals surface area contributed by atoms with Crippen LogP contribution in [0.15, 0.2) is 36.7 Å². The Morgan fingerprint density at radius 1 is 1.05 bits per heavy atom. The molecule has 3 heteroatoms. The quantitative estimate of drug-likeness (QED) is 0.876. The highest BCUT2D eigenvalue weighted by Gasteiger charge is 2.06. The normalized spacial score (nSPS) is 10.6. The molecule has 106 valence electrons. The van der Waals surface area contributed by atoms with Crippen LogP contribution >= 0.6 is 0 Å². The lowest BCUT2D eigenvalue weighted by Gasteiger charge is -2.14. The van der Waals surface area contributed by atoms with E-state index in [0.717, 1.165) is 18.7 Å². The highest BCUT2D eigenvalue weighted by atomic mass is 16.5. The zero-order valence-electron chi connectivity index (χ0n) is 12.4. The summed E-state index contributed by atoms with van der Waals surface area (Å²) < 4.78 is 5.96. The van der Waals surface area contributed by atoms with Crippen LogP contribution in [-0.4, -0.2) is 18.6 Å². The van der Waals surface area contributed by atoms with E-state index in [0.29, 0.717) is 6.61 Å². The van der Waals surface area contributed by atoms with Crippen molar-refractivity contribution in [1.29, 1.82) is 0 Å². The summed E-state index contributed by atoms with van der Waals surface area (Å²) in [6.45, 7) is 5.79. The summed E-state index contributed by atoms with van der Waals surface area (Å²) in [5.74, 6) is 1.01. The van der Waals surface area contributed by atoms with Gasteiger partial charge in [-0.05, 0) is 55.3 Å². The Hall–Kier alpha value is -1.87. The minimum Gasteiger partial charge on any atom is -0.493 e. The summed E-state index contributed by atoms with van der Waals surface area (Å²) in [4.78, 5) is 4.02. The van der Waals surface area contributed by atoms with Gasteiger partial charge in [0.15, 0.2) is 0 Å². The Labute approximate surface area is 121 Å². The van der Waals surface area contributed by atoms with E-state index in [1.54, 1.807) is 0 Å². The molecular formula is C17H22N2O. The van der Waals surface area contributed by atoms with Crippen LogP contribution < -0.4 is 10.1 Å². The van der Waals surface area contributed by atoms with Gasteiger partial charge in [0.1, 0.15) is 5.75 Å². The first kappa shape index (κ1) is 14.5. The van der Waals surface area contributed by atoms with Crippen LogP contribution in [0.4, 0.5) is 0 Å². The minimum absolute atomic E-state index is 0.692. The van der Waals surface area contributed by atoms with Crippen molar-refractivity contribution in [2.45, 2.75) is 26.8 Å². The van der Waals surface area contributed by atoms with Crippen molar-refractivity contribution in [3.63, 3.8) is 0 Å². The van der Waals surface area contributed by atoms with E-state index in [4.69, 9.17) is 4.74 Å². The molecule has 0 atom stereocenters. The van der Waals surface area contributed by atoms with Crippen LogP contribution in [-0.2, 0) is 13.0 Å². The molecule has 1 aromatic carbocycles. The molecule has 0 aliphatic carbocycles. The van der Waals surface area contributed by atoms with Gasteiger partial charge in [-0.25, -0.2) is 0 Å². The maximum atomic E-state index is 5.96. The highest BCUT2D eigenvalue weighted by molar-refractivity contribution is 5.43. The second kappa shape index (κ2) is 7.06. The second-order valence-electron chi connectivity index (χ2n) is 5.04. The van der Waals surface area contributed by atoms with E-state index in [1.807, 2.05) is 31.6 Å². The van der Waals surface area contributed by atoms with E-state index in [-0.39, 0.29) is 0 Å². The average molecular weight is 270 g/mol. The lowest BCUT2D eigenvalue weighted by Crippen LogP contribution is -2.08. The summed E-state index contributed by atoms with van der Waals surface area (Å²) in [6, 6.07) is 8.43. The van der Waals surface area contributed by atoms with E-state index in [1.165, 1.54) is 22.3 Å². The molecule has 1 heterocycles. The predicted molar refractivity (Wildman–Crippen MR) is 82.1 cm³/mol. The largest absolute Gasteiger partial charge is 0.493 e. The fourth-order valence-electron chi connectivity index (χ4n) is 2.39. The fourth-order valence-corrected chi connectivity index (χ4v) is 2.39. The summed E-state index contributed by atoms with van der Waals surface area (Å²) >= 11 is 0. The van der Waals surface area contributed by atoms with Gasteiger partial charge in [-0.15, -0.1) is 0 Å². The average Bonchev–Trinajstić information content (AvgIpc) is 2.43. The van der Waals surface area contributed by atoms with Crippen molar-refractivity contribution in [3.05, 3.63) is 58.9 Å². The van der Waals surface area contributed by atoms with Gasteiger partial charge >= 0.3 is 0 Å². The standard InChI is InChI=1S/C17H22N2O/c1-13-10-16(12-18-3)11-14(2)17(13)20-9-6-15-4-7-19-8-5-15/h4-5,7-8,10-11,18H,6,9,12H2,1-3H3. The first-order chi connectivity index (χ1) is 9.70. The molecule has 0 radical (unpaired) electrons. The third kappa shape index (κ3) is 3.81. The number of nitrogens with one attached hydrogen (secondary N) is 1. The molecule has 1 aromatic heterocycles. The number of aromatic nitrogens is 1. The Bertz CT molecular complexity index is 529. The summed E-state index contributed by atoms with van der Waals surface area (Å²) in [5, 5.41) is 3.18. The molecule has 0 saturated carbocycles. The SMILES string of the molecule is CNCc1cc(C)c(OCCc2ccncc2)c(C)c1. The molecule has 0 amide bonds. The third-order valence-corrected chi connectivity index (χ3v) is 3.29. The molecule has 0 spiro atoms. The van der Waals surface area contributed by atoms with Gasteiger partial charge < -0.3 is 10.1 Å². The van der Waals surface area contributed by atoms with Gasteiger partial charge in [-0.2, -0.15) is 0 Å². The zero-order valence-corrected chi connectivity index (χ0v) is 12.4. The summed E-state index contributed by atoms with van der Waals surface area (Å²) in [5.41, 5.74) is 4.95. The van der Waals surface area contributed by atoms with Gasteiger partial charge in [0.2, 0.25) is 0 Å². The van der Waals surface area contributed by atoms with Gasteiger partial charge in [-0.1, -0.05) is 12.1 Å². The maximum Gasteiger partial charge on any atom is 0.125 e. The number of hydrogen-bond acceptors (Lipinski definition) is 3. The van der Waals surface area contributed by atoms with Crippen LogP contribution in [0.1, 0.15) is 22.3 Å². The van der Waals surface area contributed by atoms with Crippen molar-refractivity contribution in [1.82, 2.24) is 10.3 Å². The smallest absolute Gasteiger partial charge is 0.125 e. The number of rotatable bonds is 6. The van der Waals surface area contributed by atoms with Crippen LogP contribution in [0, 0.1) is 13.8 Å². The van der Waals surface area contributed by atoms with Crippen LogP contribution in [0.2, 0.25) is 0 Å². The van der Waals surface area contributed by atoms with E-state index in [9.17, 15) is 0 Å².